The largest absolute Gasteiger partial charge is 0.492 e. The second kappa shape index (κ2) is 7.04. The van der Waals surface area contributed by atoms with Gasteiger partial charge in [0.25, 0.3) is 0 Å². The Bertz CT molecular complexity index is 408. The van der Waals surface area contributed by atoms with Crippen LogP contribution in [-0.4, -0.2) is 12.6 Å². The SMILES string of the molecule is CCOc1ccc(NC2CCCC(C)CC2)cc1Cl. The highest BCUT2D eigenvalue weighted by molar-refractivity contribution is 6.32. The van der Waals surface area contributed by atoms with Crippen molar-refractivity contribution >= 4 is 17.3 Å². The minimum Gasteiger partial charge on any atom is -0.492 e. The Morgan fingerprint density at radius 2 is 2.11 bits per heavy atom. The fourth-order valence-electron chi connectivity index (χ4n) is 2.73. The van der Waals surface area contributed by atoms with Crippen molar-refractivity contribution in [3.63, 3.8) is 0 Å². The van der Waals surface area contributed by atoms with Crippen LogP contribution in [0, 0.1) is 5.92 Å². The molecular formula is C16H24ClNO. The average molecular weight is 282 g/mol. The van der Waals surface area contributed by atoms with Crippen LogP contribution in [0.25, 0.3) is 0 Å². The highest BCUT2D eigenvalue weighted by atomic mass is 35.5. The molecule has 19 heavy (non-hydrogen) atoms. The van der Waals surface area contributed by atoms with E-state index in [1.165, 1.54) is 32.1 Å². The first-order valence-electron chi connectivity index (χ1n) is 7.38. The molecule has 0 spiro atoms. The number of benzene rings is 1. The molecule has 0 heterocycles. The summed E-state index contributed by atoms with van der Waals surface area (Å²) >= 11 is 6.22. The van der Waals surface area contributed by atoms with Gasteiger partial charge in [-0.2, -0.15) is 0 Å². The Kier molecular flexibility index (Phi) is 5.38. The summed E-state index contributed by atoms with van der Waals surface area (Å²) in [6.07, 6.45) is 6.52. The third-order valence-electron chi connectivity index (χ3n) is 3.86. The first-order valence-corrected chi connectivity index (χ1v) is 7.75. The summed E-state index contributed by atoms with van der Waals surface area (Å²) in [5.74, 6) is 1.64. The number of hydrogen-bond donors (Lipinski definition) is 1. The number of ether oxygens (including phenoxy) is 1. The van der Waals surface area contributed by atoms with Gasteiger partial charge in [-0.05, 0) is 50.3 Å². The summed E-state index contributed by atoms with van der Waals surface area (Å²) in [5.41, 5.74) is 1.10. The van der Waals surface area contributed by atoms with E-state index in [4.69, 9.17) is 16.3 Å². The van der Waals surface area contributed by atoms with E-state index in [1.54, 1.807) is 0 Å². The minimum atomic E-state index is 0.582. The fourth-order valence-corrected chi connectivity index (χ4v) is 2.97. The summed E-state index contributed by atoms with van der Waals surface area (Å²) in [6, 6.07) is 6.57. The van der Waals surface area contributed by atoms with Gasteiger partial charge >= 0.3 is 0 Å². The van der Waals surface area contributed by atoms with Gasteiger partial charge in [-0.15, -0.1) is 0 Å². The van der Waals surface area contributed by atoms with Gasteiger partial charge in [0.05, 0.1) is 11.6 Å². The van der Waals surface area contributed by atoms with Gasteiger partial charge in [0, 0.05) is 11.7 Å². The molecule has 0 saturated heterocycles. The fraction of sp³-hybridized carbons (Fsp3) is 0.625. The topological polar surface area (TPSA) is 21.3 Å². The van der Waals surface area contributed by atoms with Crippen LogP contribution in [0.4, 0.5) is 5.69 Å². The van der Waals surface area contributed by atoms with E-state index >= 15 is 0 Å². The van der Waals surface area contributed by atoms with Crippen molar-refractivity contribution in [2.45, 2.75) is 52.0 Å². The molecule has 1 N–H and O–H groups in total. The van der Waals surface area contributed by atoms with Gasteiger partial charge in [0.15, 0.2) is 0 Å². The normalized spacial score (nSPS) is 23.7. The average Bonchev–Trinajstić information content (AvgIpc) is 2.58. The molecule has 106 valence electrons. The van der Waals surface area contributed by atoms with Crippen LogP contribution in [0.3, 0.4) is 0 Å². The molecule has 2 nitrogen and oxygen atoms in total. The minimum absolute atomic E-state index is 0.582. The molecule has 0 aliphatic heterocycles. The van der Waals surface area contributed by atoms with Crippen molar-refractivity contribution < 1.29 is 4.74 Å². The Morgan fingerprint density at radius 3 is 2.84 bits per heavy atom. The smallest absolute Gasteiger partial charge is 0.138 e. The maximum atomic E-state index is 6.22. The monoisotopic (exact) mass is 281 g/mol. The third-order valence-corrected chi connectivity index (χ3v) is 4.16. The third kappa shape index (κ3) is 4.31. The maximum absolute atomic E-state index is 6.22. The molecule has 2 atom stereocenters. The van der Waals surface area contributed by atoms with E-state index in [0.29, 0.717) is 17.7 Å². The van der Waals surface area contributed by atoms with Crippen LogP contribution >= 0.6 is 11.6 Å². The second-order valence-corrected chi connectivity index (χ2v) is 5.94. The summed E-state index contributed by atoms with van der Waals surface area (Å²) in [5, 5.41) is 4.30. The van der Waals surface area contributed by atoms with Crippen molar-refractivity contribution in [3.8, 4) is 5.75 Å². The van der Waals surface area contributed by atoms with Crippen molar-refractivity contribution in [2.75, 3.05) is 11.9 Å². The zero-order valence-corrected chi connectivity index (χ0v) is 12.7. The van der Waals surface area contributed by atoms with E-state index in [2.05, 4.69) is 18.3 Å². The summed E-state index contributed by atoms with van der Waals surface area (Å²) < 4.78 is 5.46. The lowest BCUT2D eigenvalue weighted by atomic mass is 10.0. The Hall–Kier alpha value is -0.890. The van der Waals surface area contributed by atoms with Crippen molar-refractivity contribution in [2.24, 2.45) is 5.92 Å². The van der Waals surface area contributed by atoms with Crippen LogP contribution in [0.5, 0.6) is 5.75 Å². The molecule has 1 saturated carbocycles. The molecule has 0 bridgehead atoms. The molecule has 2 unspecified atom stereocenters. The molecule has 1 aliphatic carbocycles. The molecule has 1 aromatic rings. The number of hydrogen-bond acceptors (Lipinski definition) is 2. The molecule has 2 rings (SSSR count). The van der Waals surface area contributed by atoms with E-state index in [0.717, 1.165) is 17.4 Å². The molecule has 1 aromatic carbocycles. The zero-order valence-electron chi connectivity index (χ0n) is 11.9. The van der Waals surface area contributed by atoms with Crippen LogP contribution in [0.2, 0.25) is 5.02 Å². The van der Waals surface area contributed by atoms with Crippen LogP contribution in [0.1, 0.15) is 46.0 Å². The molecule has 3 heteroatoms. The zero-order chi connectivity index (χ0) is 13.7. The van der Waals surface area contributed by atoms with Gasteiger partial charge in [0.2, 0.25) is 0 Å². The van der Waals surface area contributed by atoms with Gasteiger partial charge in [-0.1, -0.05) is 31.4 Å². The lowest BCUT2D eigenvalue weighted by Gasteiger charge is -2.18. The first-order chi connectivity index (χ1) is 9.19. The standard InChI is InChI=1S/C16H24ClNO/c1-3-19-16-10-9-14(11-15(16)17)18-13-6-4-5-12(2)7-8-13/h9-13,18H,3-8H2,1-2H3. The summed E-state index contributed by atoms with van der Waals surface area (Å²) in [7, 11) is 0. The highest BCUT2D eigenvalue weighted by Gasteiger charge is 2.16. The van der Waals surface area contributed by atoms with Gasteiger partial charge in [-0.3, -0.25) is 0 Å². The summed E-state index contributed by atoms with van der Waals surface area (Å²) in [6.45, 7) is 4.97. The second-order valence-electron chi connectivity index (χ2n) is 5.53. The number of rotatable bonds is 4. The van der Waals surface area contributed by atoms with Crippen molar-refractivity contribution in [1.82, 2.24) is 0 Å². The van der Waals surface area contributed by atoms with E-state index in [-0.39, 0.29) is 0 Å². The molecule has 0 aromatic heterocycles. The molecule has 0 radical (unpaired) electrons. The predicted molar refractivity (Wildman–Crippen MR) is 82.3 cm³/mol. The molecule has 0 amide bonds. The van der Waals surface area contributed by atoms with Gasteiger partial charge in [0.1, 0.15) is 5.75 Å². The lowest BCUT2D eigenvalue weighted by Crippen LogP contribution is -2.18. The van der Waals surface area contributed by atoms with E-state index < -0.39 is 0 Å². The molecule has 1 fully saturated rings. The van der Waals surface area contributed by atoms with Crippen molar-refractivity contribution in [3.05, 3.63) is 23.2 Å². The van der Waals surface area contributed by atoms with Gasteiger partial charge in [-0.25, -0.2) is 0 Å². The van der Waals surface area contributed by atoms with Crippen molar-refractivity contribution in [1.29, 1.82) is 0 Å². The van der Waals surface area contributed by atoms with Crippen LogP contribution in [0.15, 0.2) is 18.2 Å². The summed E-state index contributed by atoms with van der Waals surface area (Å²) in [4.78, 5) is 0. The quantitative estimate of drug-likeness (QED) is 0.774. The predicted octanol–water partition coefficient (Wildman–Crippen LogP) is 5.12. The van der Waals surface area contributed by atoms with Gasteiger partial charge < -0.3 is 10.1 Å². The Balaban J connectivity index is 1.96. The Labute approximate surface area is 121 Å². The lowest BCUT2D eigenvalue weighted by molar-refractivity contribution is 0.340. The first kappa shape index (κ1) is 14.5. The number of anilines is 1. The van der Waals surface area contributed by atoms with Crippen LogP contribution in [-0.2, 0) is 0 Å². The highest BCUT2D eigenvalue weighted by Crippen LogP contribution is 2.30. The Morgan fingerprint density at radius 1 is 1.26 bits per heavy atom. The van der Waals surface area contributed by atoms with E-state index in [1.807, 2.05) is 19.1 Å². The van der Waals surface area contributed by atoms with E-state index in [9.17, 15) is 0 Å². The maximum Gasteiger partial charge on any atom is 0.138 e. The number of nitrogens with one attached hydrogen (secondary N) is 1. The molecule has 1 aliphatic rings. The van der Waals surface area contributed by atoms with Crippen LogP contribution < -0.4 is 10.1 Å². The molecular weight excluding hydrogens is 258 g/mol. The number of halogens is 1.